The van der Waals surface area contributed by atoms with Crippen LogP contribution in [-0.2, 0) is 6.54 Å². The molecule has 2 aliphatic heterocycles. The molecule has 0 bridgehead atoms. The number of amides is 2. The van der Waals surface area contributed by atoms with Crippen molar-refractivity contribution in [2.24, 2.45) is 0 Å². The topological polar surface area (TPSA) is 115 Å². The monoisotopic (exact) mass is 460 g/mol. The Kier molecular flexibility index (Phi) is 4.71. The van der Waals surface area contributed by atoms with Gasteiger partial charge >= 0.3 is 0 Å². The van der Waals surface area contributed by atoms with Crippen LogP contribution in [0.25, 0.3) is 0 Å². The Labute approximate surface area is 186 Å². The van der Waals surface area contributed by atoms with Gasteiger partial charge in [0.2, 0.25) is 5.43 Å². The third kappa shape index (κ3) is 2.88. The Morgan fingerprint density at radius 3 is 2.61 bits per heavy atom. The largest absolute Gasteiger partial charge is 0.502 e. The second kappa shape index (κ2) is 7.27. The lowest BCUT2D eigenvalue weighted by molar-refractivity contribution is 0.0386. The zero-order chi connectivity index (χ0) is 23.7. The van der Waals surface area contributed by atoms with Crippen LogP contribution in [0.4, 0.5) is 8.78 Å². The lowest BCUT2D eigenvalue weighted by atomic mass is 10.0. The maximum atomic E-state index is 13.9. The van der Waals surface area contributed by atoms with Gasteiger partial charge in [0.05, 0.1) is 12.2 Å². The first-order valence-corrected chi connectivity index (χ1v) is 10.7. The summed E-state index contributed by atoms with van der Waals surface area (Å²) in [7, 11) is 1.60. The van der Waals surface area contributed by atoms with Gasteiger partial charge in [0.25, 0.3) is 11.8 Å². The third-order valence-corrected chi connectivity index (χ3v) is 6.96. The maximum absolute atomic E-state index is 13.9. The van der Waals surface area contributed by atoms with Crippen LogP contribution in [0.15, 0.2) is 23.0 Å². The predicted octanol–water partition coefficient (Wildman–Crippen LogP) is 1.10. The summed E-state index contributed by atoms with van der Waals surface area (Å²) in [6, 6.07) is 2.87. The lowest BCUT2D eigenvalue weighted by Crippen LogP contribution is -2.67. The van der Waals surface area contributed by atoms with Gasteiger partial charge in [0.1, 0.15) is 29.0 Å². The summed E-state index contributed by atoms with van der Waals surface area (Å²) < 4.78 is 28.4. The Balaban J connectivity index is 1.60. The van der Waals surface area contributed by atoms with E-state index in [0.29, 0.717) is 18.9 Å². The second-order valence-corrected chi connectivity index (χ2v) is 8.67. The minimum atomic E-state index is -1.27. The van der Waals surface area contributed by atoms with Gasteiger partial charge in [0, 0.05) is 25.2 Å². The van der Waals surface area contributed by atoms with Crippen molar-refractivity contribution >= 4 is 11.8 Å². The van der Waals surface area contributed by atoms with Crippen LogP contribution in [-0.4, -0.2) is 50.9 Å². The van der Waals surface area contributed by atoms with Crippen LogP contribution in [0.3, 0.4) is 0 Å². The first kappa shape index (κ1) is 21.4. The molecule has 3 aliphatic rings. The predicted molar refractivity (Wildman–Crippen MR) is 111 cm³/mol. The zero-order valence-electron chi connectivity index (χ0n) is 17.8. The summed E-state index contributed by atoms with van der Waals surface area (Å²) in [5.74, 6) is -4.05. The molecule has 33 heavy (non-hydrogen) atoms. The average molecular weight is 460 g/mol. The van der Waals surface area contributed by atoms with Crippen molar-refractivity contribution in [3.63, 3.8) is 0 Å². The zero-order valence-corrected chi connectivity index (χ0v) is 17.8. The van der Waals surface area contributed by atoms with Crippen molar-refractivity contribution < 1.29 is 28.6 Å². The van der Waals surface area contributed by atoms with E-state index in [1.165, 1.54) is 9.58 Å². The van der Waals surface area contributed by atoms with Crippen molar-refractivity contribution in [3.8, 4) is 5.75 Å². The SMILES string of the molecule is CN1C(=O)c2c(O)c(=O)c(C(=O)NCc3ccc(F)cc3F)c3n2N(CC3O)C12CCCC2. The Morgan fingerprint density at radius 2 is 1.94 bits per heavy atom. The van der Waals surface area contributed by atoms with Gasteiger partial charge in [0.15, 0.2) is 11.4 Å². The highest BCUT2D eigenvalue weighted by Gasteiger charge is 2.55. The maximum Gasteiger partial charge on any atom is 0.278 e. The van der Waals surface area contributed by atoms with Crippen LogP contribution in [0.1, 0.15) is 63.9 Å². The van der Waals surface area contributed by atoms with Gasteiger partial charge in [-0.05, 0) is 31.7 Å². The molecule has 2 aromatic rings. The van der Waals surface area contributed by atoms with E-state index < -0.39 is 52.0 Å². The van der Waals surface area contributed by atoms with E-state index in [9.17, 15) is 33.4 Å². The van der Waals surface area contributed by atoms with E-state index in [-0.39, 0.29) is 30.0 Å². The number of hydrogen-bond donors (Lipinski definition) is 3. The molecule has 2 amide bonds. The molecule has 1 fully saturated rings. The standard InChI is InChI=1S/C22H22F2N4O5/c1-26-21(33)17-19(31)18(30)15(20(32)25-9-11-4-5-12(23)8-13(11)24)16-14(29)10-27(28(16)17)22(26)6-2-3-7-22/h4-5,8,14,29,31H,2-3,6-7,9-10H2,1H3,(H,25,32). The lowest BCUT2D eigenvalue weighted by Gasteiger charge is -2.51. The number of hydrogen-bond acceptors (Lipinski definition) is 6. The molecule has 1 aliphatic carbocycles. The summed E-state index contributed by atoms with van der Waals surface area (Å²) in [6.45, 7) is -0.321. The molecule has 1 saturated carbocycles. The Bertz CT molecular complexity index is 1250. The number of pyridine rings is 1. The number of carbonyl (C=O) groups is 2. The summed E-state index contributed by atoms with van der Waals surface area (Å²) in [5, 5.41) is 25.6. The van der Waals surface area contributed by atoms with Crippen molar-refractivity contribution in [1.29, 1.82) is 0 Å². The third-order valence-electron chi connectivity index (χ3n) is 6.96. The van der Waals surface area contributed by atoms with Crippen molar-refractivity contribution in [3.05, 3.63) is 62.6 Å². The number of carbonyl (C=O) groups excluding carboxylic acids is 2. The minimum absolute atomic E-state index is 0.00709. The number of fused-ring (bicyclic) bond motifs is 1. The van der Waals surface area contributed by atoms with Gasteiger partial charge in [-0.15, -0.1) is 0 Å². The van der Waals surface area contributed by atoms with E-state index >= 15 is 0 Å². The molecule has 3 N–H and O–H groups in total. The van der Waals surface area contributed by atoms with Gasteiger partial charge in [-0.1, -0.05) is 6.07 Å². The highest BCUT2D eigenvalue weighted by molar-refractivity contribution is 6.01. The molecule has 11 heteroatoms. The smallest absolute Gasteiger partial charge is 0.278 e. The molecule has 1 unspecified atom stereocenters. The molecule has 0 saturated heterocycles. The molecule has 1 atom stereocenters. The summed E-state index contributed by atoms with van der Waals surface area (Å²) in [6.07, 6.45) is 1.73. The van der Waals surface area contributed by atoms with Crippen LogP contribution in [0.5, 0.6) is 5.75 Å². The van der Waals surface area contributed by atoms with E-state index in [1.807, 2.05) is 0 Å². The van der Waals surface area contributed by atoms with E-state index in [1.54, 1.807) is 12.1 Å². The van der Waals surface area contributed by atoms with Crippen LogP contribution in [0.2, 0.25) is 0 Å². The number of aliphatic hydroxyl groups excluding tert-OH is 1. The molecular formula is C22H22F2N4O5. The number of aliphatic hydroxyl groups is 1. The average Bonchev–Trinajstić information content (AvgIpc) is 3.38. The molecule has 1 aromatic carbocycles. The summed E-state index contributed by atoms with van der Waals surface area (Å²) in [5.41, 5.74) is -2.74. The highest BCUT2D eigenvalue weighted by atomic mass is 19.1. The Hall–Kier alpha value is -3.47. The Morgan fingerprint density at radius 1 is 1.24 bits per heavy atom. The molecule has 3 heterocycles. The van der Waals surface area contributed by atoms with Crippen LogP contribution >= 0.6 is 0 Å². The molecular weight excluding hydrogens is 438 g/mol. The number of nitrogens with one attached hydrogen (secondary N) is 1. The molecule has 1 aromatic heterocycles. The normalized spacial score (nSPS) is 20.5. The van der Waals surface area contributed by atoms with Crippen LogP contribution in [0, 0.1) is 11.6 Å². The molecule has 1 spiro atoms. The van der Waals surface area contributed by atoms with E-state index in [0.717, 1.165) is 25.0 Å². The number of benzene rings is 1. The van der Waals surface area contributed by atoms with E-state index in [2.05, 4.69) is 5.32 Å². The molecule has 5 rings (SSSR count). The number of aromatic hydroxyl groups is 1. The number of rotatable bonds is 3. The fourth-order valence-electron chi connectivity index (χ4n) is 5.31. The highest BCUT2D eigenvalue weighted by Crippen LogP contribution is 2.45. The fraction of sp³-hybridized carbons (Fsp3) is 0.409. The molecule has 9 nitrogen and oxygen atoms in total. The van der Waals surface area contributed by atoms with E-state index in [4.69, 9.17) is 0 Å². The number of nitrogens with zero attached hydrogens (tertiary/aromatic N) is 3. The summed E-state index contributed by atoms with van der Waals surface area (Å²) in [4.78, 5) is 40.6. The summed E-state index contributed by atoms with van der Waals surface area (Å²) >= 11 is 0. The van der Waals surface area contributed by atoms with Gasteiger partial charge in [-0.25, -0.2) is 13.5 Å². The first-order chi connectivity index (χ1) is 15.7. The van der Waals surface area contributed by atoms with Gasteiger partial charge < -0.3 is 20.4 Å². The number of halogens is 2. The quantitative estimate of drug-likeness (QED) is 0.632. The fourth-order valence-corrected chi connectivity index (χ4v) is 5.31. The van der Waals surface area contributed by atoms with Crippen molar-refractivity contribution in [2.45, 2.75) is 44.0 Å². The van der Waals surface area contributed by atoms with Crippen molar-refractivity contribution in [1.82, 2.24) is 14.9 Å². The van der Waals surface area contributed by atoms with Gasteiger partial charge in [-0.2, -0.15) is 0 Å². The van der Waals surface area contributed by atoms with Gasteiger partial charge in [-0.3, -0.25) is 19.4 Å². The second-order valence-electron chi connectivity index (χ2n) is 8.67. The minimum Gasteiger partial charge on any atom is -0.502 e. The number of aromatic nitrogens is 1. The molecule has 174 valence electrons. The van der Waals surface area contributed by atoms with Crippen molar-refractivity contribution in [2.75, 3.05) is 18.6 Å². The first-order valence-electron chi connectivity index (χ1n) is 10.7. The molecule has 0 radical (unpaired) electrons. The van der Waals surface area contributed by atoms with Crippen LogP contribution < -0.4 is 15.8 Å².